The predicted octanol–water partition coefficient (Wildman–Crippen LogP) is 1.06. The van der Waals surface area contributed by atoms with Crippen molar-refractivity contribution < 1.29 is 22.7 Å². The maximum absolute atomic E-state index is 12.3. The molecule has 2 aromatic carbocycles. The summed E-state index contributed by atoms with van der Waals surface area (Å²) in [6, 6.07) is 12.6. The second kappa shape index (κ2) is 9.46. The summed E-state index contributed by atoms with van der Waals surface area (Å²) >= 11 is 0. The predicted molar refractivity (Wildman–Crippen MR) is 107 cm³/mol. The molecule has 0 saturated carbocycles. The highest BCUT2D eigenvalue weighted by atomic mass is 32.2. The van der Waals surface area contributed by atoms with Crippen LogP contribution in [-0.4, -0.2) is 42.5 Å². The van der Waals surface area contributed by atoms with Gasteiger partial charge in [-0.15, -0.1) is 5.10 Å². The van der Waals surface area contributed by atoms with Crippen molar-refractivity contribution in [2.75, 3.05) is 13.2 Å². The monoisotopic (exact) mass is 432 g/mol. The summed E-state index contributed by atoms with van der Waals surface area (Å²) in [7, 11) is -3.78. The third-order valence-electron chi connectivity index (χ3n) is 4.04. The topological polar surface area (TPSA) is 129 Å². The first kappa shape index (κ1) is 21.4. The van der Waals surface area contributed by atoms with Crippen LogP contribution in [0.1, 0.15) is 13.3 Å². The van der Waals surface area contributed by atoms with Crippen LogP contribution in [0, 0.1) is 0 Å². The van der Waals surface area contributed by atoms with Crippen LogP contribution < -0.4 is 15.0 Å². The highest BCUT2D eigenvalue weighted by Gasteiger charge is 2.15. The van der Waals surface area contributed by atoms with E-state index in [2.05, 4.69) is 15.0 Å². The van der Waals surface area contributed by atoms with Gasteiger partial charge in [0, 0.05) is 6.54 Å². The van der Waals surface area contributed by atoms with Crippen molar-refractivity contribution in [3.63, 3.8) is 0 Å². The number of nitrogens with zero attached hydrogens (tertiary/aromatic N) is 3. The van der Waals surface area contributed by atoms with E-state index in [4.69, 9.17) is 9.47 Å². The van der Waals surface area contributed by atoms with Gasteiger partial charge in [0.25, 0.3) is 5.56 Å². The first-order valence-corrected chi connectivity index (χ1v) is 10.6. The Hall–Kier alpha value is -3.31. The molecule has 11 heteroatoms. The number of nitrogens with one attached hydrogen (secondary N) is 1. The van der Waals surface area contributed by atoms with E-state index in [1.54, 1.807) is 36.4 Å². The highest BCUT2D eigenvalue weighted by Crippen LogP contribution is 2.15. The van der Waals surface area contributed by atoms with E-state index in [0.29, 0.717) is 23.3 Å². The van der Waals surface area contributed by atoms with Gasteiger partial charge < -0.3 is 9.47 Å². The van der Waals surface area contributed by atoms with Gasteiger partial charge in [-0.2, -0.15) is 4.68 Å². The number of sulfonamides is 1. The third-order valence-corrected chi connectivity index (χ3v) is 5.52. The summed E-state index contributed by atoms with van der Waals surface area (Å²) in [5, 5.41) is 7.95. The van der Waals surface area contributed by atoms with E-state index >= 15 is 0 Å². The Bertz CT molecular complexity index is 1190. The SMILES string of the molecule is CCOc1ccc(S(=O)(=O)NCCC(=O)OCn2nnc3ccccc3c2=O)cc1. The molecule has 0 spiro atoms. The number of carbonyl (C=O) groups excluding carboxylic acids is 1. The molecule has 0 bridgehead atoms. The second-order valence-corrected chi connectivity index (χ2v) is 7.88. The van der Waals surface area contributed by atoms with Crippen LogP contribution in [0.25, 0.3) is 10.9 Å². The summed E-state index contributed by atoms with van der Waals surface area (Å²) in [6.07, 6.45) is -0.216. The van der Waals surface area contributed by atoms with Crippen molar-refractivity contribution in [1.29, 1.82) is 0 Å². The lowest BCUT2D eigenvalue weighted by atomic mass is 10.2. The molecule has 1 aromatic heterocycles. The molecule has 30 heavy (non-hydrogen) atoms. The largest absolute Gasteiger partial charge is 0.494 e. The Kier molecular flexibility index (Phi) is 6.75. The Labute approximate surface area is 172 Å². The molecular weight excluding hydrogens is 412 g/mol. The summed E-state index contributed by atoms with van der Waals surface area (Å²) in [5.41, 5.74) is -0.00150. The van der Waals surface area contributed by atoms with E-state index in [1.165, 1.54) is 12.1 Å². The first-order chi connectivity index (χ1) is 14.4. The number of hydrogen-bond acceptors (Lipinski definition) is 8. The molecule has 0 aliphatic carbocycles. The standard InChI is InChI=1S/C19H20N4O6S/c1-2-28-14-7-9-15(10-8-14)30(26,27)20-12-11-18(24)29-13-23-19(25)16-5-3-4-6-17(16)21-22-23/h3-10,20H,2,11-13H2,1H3. The van der Waals surface area contributed by atoms with Gasteiger partial charge in [0.15, 0.2) is 6.73 Å². The van der Waals surface area contributed by atoms with Gasteiger partial charge in [-0.1, -0.05) is 17.3 Å². The molecule has 0 aliphatic rings. The van der Waals surface area contributed by atoms with Gasteiger partial charge in [0.2, 0.25) is 10.0 Å². The van der Waals surface area contributed by atoms with Crippen LogP contribution in [0.5, 0.6) is 5.75 Å². The van der Waals surface area contributed by atoms with Crippen molar-refractivity contribution in [2.24, 2.45) is 0 Å². The molecule has 1 N–H and O–H groups in total. The fourth-order valence-corrected chi connectivity index (χ4v) is 3.60. The lowest BCUT2D eigenvalue weighted by Gasteiger charge is -2.09. The number of fused-ring (bicyclic) bond motifs is 1. The molecule has 0 amide bonds. The Morgan fingerprint density at radius 1 is 1.13 bits per heavy atom. The van der Waals surface area contributed by atoms with Crippen molar-refractivity contribution in [3.05, 3.63) is 58.9 Å². The molecule has 0 radical (unpaired) electrons. The summed E-state index contributed by atoms with van der Waals surface area (Å²) in [6.45, 7) is 1.73. The number of rotatable bonds is 9. The van der Waals surface area contributed by atoms with Crippen LogP contribution in [0.15, 0.2) is 58.2 Å². The number of benzene rings is 2. The van der Waals surface area contributed by atoms with Crippen LogP contribution in [0.3, 0.4) is 0 Å². The molecule has 1 heterocycles. The average Bonchev–Trinajstić information content (AvgIpc) is 2.74. The second-order valence-electron chi connectivity index (χ2n) is 6.11. The zero-order valence-electron chi connectivity index (χ0n) is 16.1. The van der Waals surface area contributed by atoms with E-state index in [0.717, 1.165) is 4.68 Å². The molecule has 158 valence electrons. The Balaban J connectivity index is 1.51. The minimum absolute atomic E-state index is 0.0531. The maximum Gasteiger partial charge on any atom is 0.308 e. The summed E-state index contributed by atoms with van der Waals surface area (Å²) in [5.74, 6) is -0.127. The lowest BCUT2D eigenvalue weighted by molar-refractivity contribution is -0.147. The van der Waals surface area contributed by atoms with Crippen LogP contribution in [0.2, 0.25) is 0 Å². The minimum atomic E-state index is -3.78. The molecule has 0 unspecified atom stereocenters. The van der Waals surface area contributed by atoms with Gasteiger partial charge in [0.05, 0.1) is 23.3 Å². The number of hydrogen-bond donors (Lipinski definition) is 1. The number of aromatic nitrogens is 3. The fraction of sp³-hybridized carbons (Fsp3) is 0.263. The number of esters is 1. The minimum Gasteiger partial charge on any atom is -0.494 e. The average molecular weight is 432 g/mol. The zero-order chi connectivity index (χ0) is 21.6. The van der Waals surface area contributed by atoms with Gasteiger partial charge in [-0.05, 0) is 43.3 Å². The third kappa shape index (κ3) is 5.19. The molecule has 0 saturated heterocycles. The lowest BCUT2D eigenvalue weighted by Crippen LogP contribution is -2.29. The molecular formula is C19H20N4O6S. The fourth-order valence-electron chi connectivity index (χ4n) is 2.57. The van der Waals surface area contributed by atoms with Crippen molar-refractivity contribution in [1.82, 2.24) is 19.7 Å². The zero-order valence-corrected chi connectivity index (χ0v) is 17.0. The molecule has 3 aromatic rings. The van der Waals surface area contributed by atoms with Gasteiger partial charge in [-0.3, -0.25) is 9.59 Å². The first-order valence-electron chi connectivity index (χ1n) is 9.11. The number of carbonyl (C=O) groups is 1. The highest BCUT2D eigenvalue weighted by molar-refractivity contribution is 7.89. The van der Waals surface area contributed by atoms with Crippen LogP contribution in [-0.2, 0) is 26.3 Å². The normalized spacial score (nSPS) is 11.4. The Morgan fingerprint density at radius 2 is 1.87 bits per heavy atom. The van der Waals surface area contributed by atoms with Crippen molar-refractivity contribution >= 4 is 26.9 Å². The van der Waals surface area contributed by atoms with Gasteiger partial charge in [0.1, 0.15) is 11.3 Å². The van der Waals surface area contributed by atoms with Gasteiger partial charge in [-0.25, -0.2) is 13.1 Å². The molecule has 3 rings (SSSR count). The van der Waals surface area contributed by atoms with E-state index in [-0.39, 0.29) is 17.9 Å². The summed E-state index contributed by atoms with van der Waals surface area (Å²) in [4.78, 5) is 24.2. The molecule has 0 fully saturated rings. The van der Waals surface area contributed by atoms with Crippen molar-refractivity contribution in [2.45, 2.75) is 25.0 Å². The van der Waals surface area contributed by atoms with Crippen LogP contribution >= 0.6 is 0 Å². The van der Waals surface area contributed by atoms with E-state index in [9.17, 15) is 18.0 Å². The number of ether oxygens (including phenoxy) is 2. The molecule has 10 nitrogen and oxygen atoms in total. The Morgan fingerprint density at radius 3 is 2.60 bits per heavy atom. The smallest absolute Gasteiger partial charge is 0.308 e. The van der Waals surface area contributed by atoms with Crippen LogP contribution in [0.4, 0.5) is 0 Å². The summed E-state index contributed by atoms with van der Waals surface area (Å²) < 4.78 is 38.0. The quantitative estimate of drug-likeness (QED) is 0.497. The maximum atomic E-state index is 12.3. The van der Waals surface area contributed by atoms with E-state index < -0.39 is 28.3 Å². The van der Waals surface area contributed by atoms with Gasteiger partial charge >= 0.3 is 5.97 Å². The van der Waals surface area contributed by atoms with E-state index in [1.807, 2.05) is 6.92 Å². The molecule has 0 aliphatic heterocycles. The van der Waals surface area contributed by atoms with Crippen molar-refractivity contribution in [3.8, 4) is 5.75 Å². The molecule has 0 atom stereocenters.